The first kappa shape index (κ1) is 11.8. The number of benzene rings is 1. The van der Waals surface area contributed by atoms with Gasteiger partial charge in [0, 0.05) is 11.4 Å². The standard InChI is InChI=1S/C13H12N2OS2/c14-8-12(11-6-3-7-17-11)18-13-15-9-4-1-2-5-10(9)16-13/h1-7,12H,8,14H2. The number of hydrogen-bond donors (Lipinski definition) is 1. The van der Waals surface area contributed by atoms with E-state index in [0.717, 1.165) is 11.1 Å². The van der Waals surface area contributed by atoms with E-state index >= 15 is 0 Å². The van der Waals surface area contributed by atoms with Crippen LogP contribution in [0, 0.1) is 0 Å². The zero-order valence-corrected chi connectivity index (χ0v) is 11.2. The van der Waals surface area contributed by atoms with Crippen LogP contribution in [0.2, 0.25) is 0 Å². The molecule has 2 N–H and O–H groups in total. The highest BCUT2D eigenvalue weighted by Crippen LogP contribution is 2.37. The summed E-state index contributed by atoms with van der Waals surface area (Å²) in [6.45, 7) is 0.573. The van der Waals surface area contributed by atoms with Crippen LogP contribution in [0.4, 0.5) is 0 Å². The van der Waals surface area contributed by atoms with Gasteiger partial charge in [-0.1, -0.05) is 30.0 Å². The van der Waals surface area contributed by atoms with Gasteiger partial charge in [0.15, 0.2) is 5.58 Å². The predicted octanol–water partition coefficient (Wildman–Crippen LogP) is 3.68. The topological polar surface area (TPSA) is 52.0 Å². The van der Waals surface area contributed by atoms with Crippen LogP contribution in [0.3, 0.4) is 0 Å². The maximum absolute atomic E-state index is 5.82. The Morgan fingerprint density at radius 1 is 1.28 bits per heavy atom. The summed E-state index contributed by atoms with van der Waals surface area (Å²) in [5.41, 5.74) is 7.53. The number of nitrogens with two attached hydrogens (primary N) is 1. The Hall–Kier alpha value is -1.30. The number of fused-ring (bicyclic) bond motifs is 1. The molecule has 0 amide bonds. The molecule has 2 heterocycles. The first-order valence-electron chi connectivity index (χ1n) is 5.62. The van der Waals surface area contributed by atoms with E-state index in [1.165, 1.54) is 4.88 Å². The number of aromatic nitrogens is 1. The lowest BCUT2D eigenvalue weighted by Gasteiger charge is -2.08. The second kappa shape index (κ2) is 5.14. The van der Waals surface area contributed by atoms with Crippen molar-refractivity contribution in [3.63, 3.8) is 0 Å². The Kier molecular flexibility index (Phi) is 3.36. The molecule has 0 aliphatic carbocycles. The average molecular weight is 276 g/mol. The van der Waals surface area contributed by atoms with Gasteiger partial charge in [0.1, 0.15) is 5.52 Å². The molecule has 0 aliphatic rings. The van der Waals surface area contributed by atoms with Gasteiger partial charge in [0.2, 0.25) is 0 Å². The fourth-order valence-electron chi connectivity index (χ4n) is 1.72. The molecule has 0 radical (unpaired) electrons. The molecule has 0 saturated carbocycles. The minimum absolute atomic E-state index is 0.207. The summed E-state index contributed by atoms with van der Waals surface area (Å²) in [6.07, 6.45) is 0. The Bertz CT molecular complexity index is 600. The Balaban J connectivity index is 1.86. The van der Waals surface area contributed by atoms with Crippen LogP contribution >= 0.6 is 23.1 Å². The summed E-state index contributed by atoms with van der Waals surface area (Å²) < 4.78 is 5.70. The van der Waals surface area contributed by atoms with Crippen molar-refractivity contribution in [3.8, 4) is 0 Å². The van der Waals surface area contributed by atoms with E-state index in [-0.39, 0.29) is 5.25 Å². The molecule has 5 heteroatoms. The molecule has 0 aliphatic heterocycles. The lowest BCUT2D eigenvalue weighted by molar-refractivity contribution is 0.488. The zero-order chi connectivity index (χ0) is 12.4. The number of thioether (sulfide) groups is 1. The lowest BCUT2D eigenvalue weighted by atomic mass is 10.3. The minimum atomic E-state index is 0.207. The molecule has 1 unspecified atom stereocenters. The highest BCUT2D eigenvalue weighted by Gasteiger charge is 2.16. The predicted molar refractivity (Wildman–Crippen MR) is 76.0 cm³/mol. The molecule has 0 spiro atoms. The van der Waals surface area contributed by atoms with Crippen molar-refractivity contribution in [1.29, 1.82) is 0 Å². The largest absolute Gasteiger partial charge is 0.431 e. The van der Waals surface area contributed by atoms with Crippen molar-refractivity contribution in [1.82, 2.24) is 4.98 Å². The van der Waals surface area contributed by atoms with Gasteiger partial charge in [-0.25, -0.2) is 4.98 Å². The summed E-state index contributed by atoms with van der Waals surface area (Å²) in [5.74, 6) is 0. The van der Waals surface area contributed by atoms with E-state index in [4.69, 9.17) is 10.2 Å². The number of oxazole rings is 1. The first-order valence-corrected chi connectivity index (χ1v) is 7.38. The molecule has 3 rings (SSSR count). The smallest absolute Gasteiger partial charge is 0.257 e. The molecule has 3 nitrogen and oxygen atoms in total. The maximum Gasteiger partial charge on any atom is 0.257 e. The molecule has 18 heavy (non-hydrogen) atoms. The van der Waals surface area contributed by atoms with Crippen LogP contribution in [-0.4, -0.2) is 11.5 Å². The quantitative estimate of drug-likeness (QED) is 0.738. The van der Waals surface area contributed by atoms with Crippen molar-refractivity contribution in [2.24, 2.45) is 5.73 Å². The third-order valence-electron chi connectivity index (χ3n) is 2.59. The van der Waals surface area contributed by atoms with Gasteiger partial charge in [-0.2, -0.15) is 0 Å². The van der Waals surface area contributed by atoms with Gasteiger partial charge in [-0.3, -0.25) is 0 Å². The van der Waals surface area contributed by atoms with E-state index in [1.54, 1.807) is 23.1 Å². The van der Waals surface area contributed by atoms with Crippen molar-refractivity contribution < 1.29 is 4.42 Å². The maximum atomic E-state index is 5.82. The van der Waals surface area contributed by atoms with Gasteiger partial charge >= 0.3 is 0 Å². The van der Waals surface area contributed by atoms with Crippen LogP contribution < -0.4 is 5.73 Å². The average Bonchev–Trinajstić information content (AvgIpc) is 3.04. The fourth-order valence-corrected chi connectivity index (χ4v) is 3.57. The van der Waals surface area contributed by atoms with E-state index in [1.807, 2.05) is 30.3 Å². The van der Waals surface area contributed by atoms with Crippen LogP contribution in [0.5, 0.6) is 0 Å². The van der Waals surface area contributed by atoms with E-state index < -0.39 is 0 Å². The Morgan fingerprint density at radius 3 is 2.89 bits per heavy atom. The van der Waals surface area contributed by atoms with Crippen molar-refractivity contribution in [3.05, 3.63) is 46.7 Å². The van der Waals surface area contributed by atoms with Crippen LogP contribution in [0.15, 0.2) is 51.4 Å². The van der Waals surface area contributed by atoms with E-state index in [9.17, 15) is 0 Å². The normalized spacial score (nSPS) is 12.9. The number of rotatable bonds is 4. The molecule has 3 aromatic rings. The third kappa shape index (κ3) is 2.29. The monoisotopic (exact) mass is 276 g/mol. The molecule has 0 saturated heterocycles. The van der Waals surface area contributed by atoms with Crippen LogP contribution in [0.25, 0.3) is 11.1 Å². The molecule has 0 bridgehead atoms. The molecule has 0 fully saturated rings. The molecule has 1 atom stereocenters. The summed E-state index contributed by atoms with van der Waals surface area (Å²) in [4.78, 5) is 5.71. The van der Waals surface area contributed by atoms with E-state index in [2.05, 4.69) is 16.4 Å². The molecule has 2 aromatic heterocycles. The van der Waals surface area contributed by atoms with Gasteiger partial charge in [-0.05, 0) is 23.6 Å². The molecule has 1 aromatic carbocycles. The summed E-state index contributed by atoms with van der Waals surface area (Å²) in [7, 11) is 0. The summed E-state index contributed by atoms with van der Waals surface area (Å²) in [5, 5.41) is 2.95. The summed E-state index contributed by atoms with van der Waals surface area (Å²) in [6, 6.07) is 11.9. The lowest BCUT2D eigenvalue weighted by Crippen LogP contribution is -2.07. The summed E-state index contributed by atoms with van der Waals surface area (Å²) >= 11 is 3.29. The Labute approximate surface area is 113 Å². The molecule has 92 valence electrons. The van der Waals surface area contributed by atoms with Gasteiger partial charge in [-0.15, -0.1) is 11.3 Å². The molecular formula is C13H12N2OS2. The van der Waals surface area contributed by atoms with Crippen LogP contribution in [-0.2, 0) is 0 Å². The van der Waals surface area contributed by atoms with Gasteiger partial charge in [0.05, 0.1) is 5.25 Å². The highest BCUT2D eigenvalue weighted by molar-refractivity contribution is 7.99. The fraction of sp³-hybridized carbons (Fsp3) is 0.154. The second-order valence-corrected chi connectivity index (χ2v) is 5.94. The van der Waals surface area contributed by atoms with Crippen molar-refractivity contribution >= 4 is 34.2 Å². The second-order valence-electron chi connectivity index (χ2n) is 3.81. The Morgan fingerprint density at radius 2 is 2.17 bits per heavy atom. The molecular weight excluding hydrogens is 264 g/mol. The number of thiophene rings is 1. The van der Waals surface area contributed by atoms with Gasteiger partial charge < -0.3 is 10.2 Å². The zero-order valence-electron chi connectivity index (χ0n) is 9.58. The van der Waals surface area contributed by atoms with Gasteiger partial charge in [0.25, 0.3) is 5.22 Å². The number of hydrogen-bond acceptors (Lipinski definition) is 5. The van der Waals surface area contributed by atoms with E-state index in [0.29, 0.717) is 11.8 Å². The number of nitrogens with zero attached hydrogens (tertiary/aromatic N) is 1. The minimum Gasteiger partial charge on any atom is -0.431 e. The van der Waals surface area contributed by atoms with Crippen molar-refractivity contribution in [2.75, 3.05) is 6.54 Å². The first-order chi connectivity index (χ1) is 8.86. The highest BCUT2D eigenvalue weighted by atomic mass is 32.2. The third-order valence-corrected chi connectivity index (χ3v) is 4.83. The number of para-hydroxylation sites is 2. The SMILES string of the molecule is NCC(Sc1nc2ccccc2o1)c1cccs1. The van der Waals surface area contributed by atoms with Crippen molar-refractivity contribution in [2.45, 2.75) is 10.5 Å². The van der Waals surface area contributed by atoms with Crippen LogP contribution in [0.1, 0.15) is 10.1 Å².